The van der Waals surface area contributed by atoms with Crippen LogP contribution in [0, 0.1) is 0 Å². The van der Waals surface area contributed by atoms with Crippen molar-refractivity contribution in [1.82, 2.24) is 0 Å². The van der Waals surface area contributed by atoms with Gasteiger partial charge in [0.05, 0.1) is 0 Å². The van der Waals surface area contributed by atoms with Gasteiger partial charge in [0.1, 0.15) is 0 Å². The third-order valence-corrected chi connectivity index (χ3v) is 1.31. The second-order valence-electron chi connectivity index (χ2n) is 2.31. The van der Waals surface area contributed by atoms with E-state index in [1.165, 1.54) is 32.1 Å². The first-order valence-electron chi connectivity index (χ1n) is 4.11. The monoisotopic (exact) mass is 181 g/mol. The summed E-state index contributed by atoms with van der Waals surface area (Å²) >= 11 is 0. The van der Waals surface area contributed by atoms with Gasteiger partial charge in [0.2, 0.25) is 0 Å². The molecule has 1 unspecified atom stereocenters. The first-order chi connectivity index (χ1) is 5.33. The topological polar surface area (TPSA) is 63.3 Å². The minimum absolute atomic E-state index is 0.865. The van der Waals surface area contributed by atoms with Crippen molar-refractivity contribution >= 4 is 8.69 Å². The number of nitrogens with two attached hydrogens (primary N) is 1. The lowest BCUT2D eigenvalue weighted by Gasteiger charge is -1.93. The molecule has 3 nitrogen and oxygen atoms in total. The van der Waals surface area contributed by atoms with Crippen LogP contribution < -0.4 is 5.73 Å². The minimum Gasteiger partial charge on any atom is -0.348 e. The summed E-state index contributed by atoms with van der Waals surface area (Å²) in [5.41, 5.74) is 5.31. The lowest BCUT2D eigenvalue weighted by Crippen LogP contribution is -1.97. The minimum atomic E-state index is -1.50. The highest BCUT2D eigenvalue weighted by molar-refractivity contribution is 7.16. The standard InChI is InChI=1S/C7H17N.H3O2P/c1-2-3-4-5-6-7-8;1-3-2/h2-8H2,1H3;3H2,(H,1,2). The Bertz CT molecular complexity index is 65.5. The van der Waals surface area contributed by atoms with Crippen molar-refractivity contribution in [2.24, 2.45) is 5.73 Å². The smallest absolute Gasteiger partial charge is 0.177 e. The Hall–Kier alpha value is 0.150. The van der Waals surface area contributed by atoms with Gasteiger partial charge in [-0.15, -0.1) is 0 Å². The quantitative estimate of drug-likeness (QED) is 0.499. The Kier molecular flexibility index (Phi) is 20.7. The summed E-state index contributed by atoms with van der Waals surface area (Å²) in [7, 11) is -1.50. The predicted octanol–water partition coefficient (Wildman–Crippen LogP) is 1.57. The van der Waals surface area contributed by atoms with Crippen LogP contribution >= 0.6 is 8.69 Å². The first-order valence-corrected chi connectivity index (χ1v) is 5.10. The Balaban J connectivity index is 0. The van der Waals surface area contributed by atoms with Crippen molar-refractivity contribution in [2.45, 2.75) is 39.0 Å². The molecule has 0 saturated heterocycles. The normalized spacial score (nSPS) is 9.73. The van der Waals surface area contributed by atoms with Crippen molar-refractivity contribution in [3.05, 3.63) is 0 Å². The van der Waals surface area contributed by atoms with Gasteiger partial charge in [0, 0.05) is 0 Å². The van der Waals surface area contributed by atoms with Crippen LogP contribution in [-0.4, -0.2) is 11.4 Å². The molecule has 0 aliphatic heterocycles. The number of hydrogen-bond acceptors (Lipinski definition) is 2. The van der Waals surface area contributed by atoms with Gasteiger partial charge in [0.25, 0.3) is 0 Å². The van der Waals surface area contributed by atoms with E-state index in [9.17, 15) is 0 Å². The molecule has 0 aromatic heterocycles. The fourth-order valence-corrected chi connectivity index (χ4v) is 0.748. The van der Waals surface area contributed by atoms with Gasteiger partial charge in [0.15, 0.2) is 8.69 Å². The molecule has 70 valence electrons. The van der Waals surface area contributed by atoms with Crippen molar-refractivity contribution < 1.29 is 9.46 Å². The summed E-state index contributed by atoms with van der Waals surface area (Å²) in [5, 5.41) is 0. The van der Waals surface area contributed by atoms with E-state index in [4.69, 9.17) is 15.2 Å². The molecule has 0 aromatic rings. The molecule has 0 radical (unpaired) electrons. The summed E-state index contributed by atoms with van der Waals surface area (Å²) < 4.78 is 8.57. The van der Waals surface area contributed by atoms with Gasteiger partial charge in [-0.3, -0.25) is 4.57 Å². The van der Waals surface area contributed by atoms with E-state index in [1.807, 2.05) is 0 Å². The average molecular weight is 181 g/mol. The Morgan fingerprint density at radius 2 is 1.73 bits per heavy atom. The van der Waals surface area contributed by atoms with E-state index in [2.05, 4.69) is 6.92 Å². The Labute approximate surface area is 70.3 Å². The molecule has 0 fully saturated rings. The second-order valence-corrected chi connectivity index (χ2v) is 2.52. The van der Waals surface area contributed by atoms with Crippen LogP contribution in [0.5, 0.6) is 0 Å². The zero-order valence-electron chi connectivity index (χ0n) is 7.25. The van der Waals surface area contributed by atoms with Crippen molar-refractivity contribution in [3.8, 4) is 0 Å². The second kappa shape index (κ2) is 16.6. The van der Waals surface area contributed by atoms with Crippen molar-refractivity contribution in [3.63, 3.8) is 0 Å². The maximum atomic E-state index is 8.57. The molecule has 0 heterocycles. The number of unbranched alkanes of at least 4 members (excludes halogenated alkanes) is 4. The van der Waals surface area contributed by atoms with Crippen LogP contribution in [-0.2, 0) is 4.57 Å². The van der Waals surface area contributed by atoms with Crippen LogP contribution in [0.2, 0.25) is 0 Å². The lowest BCUT2D eigenvalue weighted by molar-refractivity contribution is 0.524. The van der Waals surface area contributed by atoms with Crippen molar-refractivity contribution in [1.29, 1.82) is 0 Å². The molecule has 4 heteroatoms. The molecule has 0 aliphatic rings. The maximum Gasteiger partial charge on any atom is 0.177 e. The predicted molar refractivity (Wildman–Crippen MR) is 50.4 cm³/mol. The summed E-state index contributed by atoms with van der Waals surface area (Å²) in [6.45, 7) is 3.09. The molecule has 1 atom stereocenters. The Morgan fingerprint density at radius 1 is 1.27 bits per heavy atom. The zero-order valence-corrected chi connectivity index (χ0v) is 8.41. The molecule has 0 rings (SSSR count). The Morgan fingerprint density at radius 3 is 2.09 bits per heavy atom. The van der Waals surface area contributed by atoms with E-state index >= 15 is 0 Å². The highest BCUT2D eigenvalue weighted by Crippen LogP contribution is 2.00. The van der Waals surface area contributed by atoms with Gasteiger partial charge in [-0.1, -0.05) is 32.6 Å². The zero-order chi connectivity index (χ0) is 8.95. The van der Waals surface area contributed by atoms with Gasteiger partial charge in [-0.2, -0.15) is 0 Å². The van der Waals surface area contributed by atoms with Crippen molar-refractivity contribution in [2.75, 3.05) is 6.54 Å². The first kappa shape index (κ1) is 13.7. The molecule has 0 bridgehead atoms. The van der Waals surface area contributed by atoms with Gasteiger partial charge < -0.3 is 10.6 Å². The number of hydrogen-bond donors (Lipinski definition) is 2. The molecule has 0 aliphatic carbocycles. The molecular weight excluding hydrogens is 161 g/mol. The largest absolute Gasteiger partial charge is 0.348 e. The summed E-state index contributed by atoms with van der Waals surface area (Å²) in [4.78, 5) is 7.10. The van der Waals surface area contributed by atoms with Gasteiger partial charge in [-0.05, 0) is 13.0 Å². The summed E-state index contributed by atoms with van der Waals surface area (Å²) in [5.74, 6) is 0. The third-order valence-electron chi connectivity index (χ3n) is 1.31. The van der Waals surface area contributed by atoms with E-state index in [0.29, 0.717) is 0 Å². The molecule has 0 spiro atoms. The van der Waals surface area contributed by atoms with Crippen LogP contribution in [0.1, 0.15) is 39.0 Å². The summed E-state index contributed by atoms with van der Waals surface area (Å²) in [6.07, 6.45) is 6.60. The third kappa shape index (κ3) is 25.4. The van der Waals surface area contributed by atoms with E-state index in [-0.39, 0.29) is 0 Å². The highest BCUT2D eigenvalue weighted by atomic mass is 31.1. The van der Waals surface area contributed by atoms with Gasteiger partial charge in [-0.25, -0.2) is 0 Å². The molecule has 11 heavy (non-hydrogen) atoms. The average Bonchev–Trinajstić information content (AvgIpc) is 2.00. The molecular formula is C7H20NO2P. The van der Waals surface area contributed by atoms with E-state index < -0.39 is 8.69 Å². The molecule has 0 amide bonds. The van der Waals surface area contributed by atoms with Crippen LogP contribution in [0.25, 0.3) is 0 Å². The fraction of sp³-hybridized carbons (Fsp3) is 1.00. The molecule has 3 N–H and O–H groups in total. The SMILES string of the molecule is CCCCCCCN.O=[PH2]O. The van der Waals surface area contributed by atoms with E-state index in [0.717, 1.165) is 6.54 Å². The highest BCUT2D eigenvalue weighted by Gasteiger charge is 1.83. The summed E-state index contributed by atoms with van der Waals surface area (Å²) in [6, 6.07) is 0. The molecule has 0 aromatic carbocycles. The fourth-order valence-electron chi connectivity index (χ4n) is 0.748. The lowest BCUT2D eigenvalue weighted by atomic mass is 10.2. The van der Waals surface area contributed by atoms with Gasteiger partial charge >= 0.3 is 0 Å². The molecule has 0 saturated carbocycles. The maximum absolute atomic E-state index is 8.57. The number of rotatable bonds is 5. The van der Waals surface area contributed by atoms with Crippen LogP contribution in [0.15, 0.2) is 0 Å². The van der Waals surface area contributed by atoms with E-state index in [1.54, 1.807) is 0 Å². The van der Waals surface area contributed by atoms with Crippen LogP contribution in [0.3, 0.4) is 0 Å². The van der Waals surface area contributed by atoms with Crippen LogP contribution in [0.4, 0.5) is 0 Å².